The average Bonchev–Trinajstić information content (AvgIpc) is 2.86. The van der Waals surface area contributed by atoms with Crippen molar-refractivity contribution in [1.82, 2.24) is 9.80 Å². The van der Waals surface area contributed by atoms with Crippen molar-refractivity contribution in [2.45, 2.75) is 26.2 Å². The first-order valence-corrected chi connectivity index (χ1v) is 8.29. The molecule has 1 aromatic carbocycles. The van der Waals surface area contributed by atoms with Crippen LogP contribution < -0.4 is 0 Å². The smallest absolute Gasteiger partial charge is 0.307 e. The monoisotopic (exact) mass is 346 g/mol. The molecule has 0 N–H and O–H groups in total. The quantitative estimate of drug-likeness (QED) is 0.526. The third-order valence-corrected chi connectivity index (χ3v) is 4.12. The molecule has 0 bridgehead atoms. The van der Waals surface area contributed by atoms with Gasteiger partial charge in [0.2, 0.25) is 5.91 Å². The highest BCUT2D eigenvalue weighted by Crippen LogP contribution is 2.22. The number of ether oxygens (including phenoxy) is 1. The Morgan fingerprint density at radius 2 is 1.68 bits per heavy atom. The molecule has 0 unspecified atom stereocenters. The molecule has 1 aliphatic rings. The number of rotatable bonds is 8. The van der Waals surface area contributed by atoms with Crippen LogP contribution in [0.2, 0.25) is 0 Å². The Bertz CT molecular complexity index is 651. The lowest BCUT2D eigenvalue weighted by Crippen LogP contribution is -2.43. The van der Waals surface area contributed by atoms with Crippen LogP contribution in [-0.4, -0.2) is 60.2 Å². The molecule has 25 heavy (non-hydrogen) atoms. The van der Waals surface area contributed by atoms with E-state index in [4.69, 9.17) is 0 Å². The molecule has 0 saturated carbocycles. The number of carbonyl (C=O) groups excluding carboxylic acids is 4. The van der Waals surface area contributed by atoms with E-state index in [1.807, 2.05) is 6.92 Å². The molecule has 7 heteroatoms. The molecule has 2 rings (SSSR count). The van der Waals surface area contributed by atoms with Gasteiger partial charge in [0, 0.05) is 13.1 Å². The van der Waals surface area contributed by atoms with Gasteiger partial charge in [-0.25, -0.2) is 0 Å². The van der Waals surface area contributed by atoms with E-state index in [0.717, 1.165) is 17.7 Å². The number of nitrogens with zero attached hydrogens (tertiary/aromatic N) is 2. The second kappa shape index (κ2) is 8.41. The first-order chi connectivity index (χ1) is 12.0. The lowest BCUT2D eigenvalue weighted by atomic mass is 10.1. The number of carbonyl (C=O) groups is 4. The Morgan fingerprint density at radius 1 is 1.08 bits per heavy atom. The maximum absolute atomic E-state index is 12.6. The zero-order valence-electron chi connectivity index (χ0n) is 14.5. The number of amides is 3. The summed E-state index contributed by atoms with van der Waals surface area (Å²) in [7, 11) is 1.29. The normalized spacial score (nSPS) is 13.0. The highest BCUT2D eigenvalue weighted by Gasteiger charge is 2.36. The Labute approximate surface area is 146 Å². The summed E-state index contributed by atoms with van der Waals surface area (Å²) in [5.41, 5.74) is 0.630. The lowest BCUT2D eigenvalue weighted by Gasteiger charge is -2.24. The third-order valence-electron chi connectivity index (χ3n) is 4.12. The average molecular weight is 346 g/mol. The summed E-state index contributed by atoms with van der Waals surface area (Å²) in [4.78, 5) is 51.1. The van der Waals surface area contributed by atoms with Crippen LogP contribution in [0.1, 0.15) is 46.9 Å². The summed E-state index contributed by atoms with van der Waals surface area (Å²) in [5, 5.41) is 0. The van der Waals surface area contributed by atoms with Crippen molar-refractivity contribution in [1.29, 1.82) is 0 Å². The fraction of sp³-hybridized carbons (Fsp3) is 0.444. The minimum absolute atomic E-state index is 0.0775. The van der Waals surface area contributed by atoms with Gasteiger partial charge in [-0.3, -0.25) is 24.1 Å². The van der Waals surface area contributed by atoms with Gasteiger partial charge >= 0.3 is 5.97 Å². The van der Waals surface area contributed by atoms with Crippen LogP contribution in [0, 0.1) is 0 Å². The lowest BCUT2D eigenvalue weighted by molar-refractivity contribution is -0.141. The van der Waals surface area contributed by atoms with Crippen LogP contribution in [0.5, 0.6) is 0 Å². The van der Waals surface area contributed by atoms with Gasteiger partial charge in [-0.2, -0.15) is 0 Å². The van der Waals surface area contributed by atoms with Gasteiger partial charge in [0.05, 0.1) is 24.7 Å². The molecular formula is C18H22N2O5. The van der Waals surface area contributed by atoms with Crippen LogP contribution in [0.4, 0.5) is 0 Å². The predicted molar refractivity (Wildman–Crippen MR) is 89.9 cm³/mol. The summed E-state index contributed by atoms with van der Waals surface area (Å²) >= 11 is 0. The largest absolute Gasteiger partial charge is 0.469 e. The molecule has 0 radical (unpaired) electrons. The maximum Gasteiger partial charge on any atom is 0.307 e. The zero-order valence-corrected chi connectivity index (χ0v) is 14.5. The second-order valence-electron chi connectivity index (χ2n) is 5.80. The molecule has 0 aromatic heterocycles. The first-order valence-electron chi connectivity index (χ1n) is 8.29. The Balaban J connectivity index is 2.06. The number of hydrogen-bond donors (Lipinski definition) is 0. The van der Waals surface area contributed by atoms with Crippen LogP contribution >= 0.6 is 0 Å². The number of imide groups is 1. The molecule has 3 amide bonds. The molecule has 1 aromatic rings. The van der Waals surface area contributed by atoms with Gasteiger partial charge < -0.3 is 9.64 Å². The predicted octanol–water partition coefficient (Wildman–Crippen LogP) is 1.47. The van der Waals surface area contributed by atoms with Crippen molar-refractivity contribution in [3.8, 4) is 0 Å². The molecule has 0 atom stereocenters. The summed E-state index contributed by atoms with van der Waals surface area (Å²) in [6.45, 7) is 2.34. The molecule has 0 spiro atoms. The molecule has 0 saturated heterocycles. The van der Waals surface area contributed by atoms with E-state index in [9.17, 15) is 19.2 Å². The number of methoxy groups -OCH3 is 1. The van der Waals surface area contributed by atoms with Gasteiger partial charge in [-0.15, -0.1) is 0 Å². The van der Waals surface area contributed by atoms with Crippen molar-refractivity contribution in [3.63, 3.8) is 0 Å². The molecule has 1 aliphatic heterocycles. The number of fused-ring (bicyclic) bond motifs is 1. The minimum atomic E-state index is -0.461. The van der Waals surface area contributed by atoms with E-state index in [2.05, 4.69) is 4.74 Å². The van der Waals surface area contributed by atoms with E-state index in [0.29, 0.717) is 17.7 Å². The molecule has 1 heterocycles. The fourth-order valence-corrected chi connectivity index (χ4v) is 2.66. The summed E-state index contributed by atoms with van der Waals surface area (Å²) < 4.78 is 4.60. The van der Waals surface area contributed by atoms with Crippen molar-refractivity contribution in [2.75, 3.05) is 26.7 Å². The molecule has 7 nitrogen and oxygen atoms in total. The highest BCUT2D eigenvalue weighted by atomic mass is 16.5. The van der Waals surface area contributed by atoms with Gasteiger partial charge in [-0.1, -0.05) is 25.5 Å². The molecule has 0 fully saturated rings. The van der Waals surface area contributed by atoms with Crippen LogP contribution in [0.15, 0.2) is 24.3 Å². The molecular weight excluding hydrogens is 324 g/mol. The fourth-order valence-electron chi connectivity index (χ4n) is 2.66. The van der Waals surface area contributed by atoms with E-state index in [1.165, 1.54) is 12.0 Å². The van der Waals surface area contributed by atoms with Crippen molar-refractivity contribution in [2.24, 2.45) is 0 Å². The Morgan fingerprint density at radius 3 is 2.20 bits per heavy atom. The van der Waals surface area contributed by atoms with E-state index in [-0.39, 0.29) is 25.4 Å². The topological polar surface area (TPSA) is 84.0 Å². The molecule has 0 aliphatic carbocycles. The number of esters is 1. The number of hydrogen-bond acceptors (Lipinski definition) is 5. The van der Waals surface area contributed by atoms with Crippen molar-refractivity contribution in [3.05, 3.63) is 35.4 Å². The maximum atomic E-state index is 12.6. The van der Waals surface area contributed by atoms with E-state index >= 15 is 0 Å². The van der Waals surface area contributed by atoms with E-state index < -0.39 is 17.8 Å². The number of benzene rings is 1. The standard InChI is InChI=1S/C18H22N2O5/c1-3-4-10-19(11-9-16(22)25-2)15(21)12-20-17(23)13-7-5-6-8-14(13)18(20)24/h5-8H,3-4,9-12H2,1-2H3. The van der Waals surface area contributed by atoms with Crippen LogP contribution in [0.25, 0.3) is 0 Å². The Kier molecular flexibility index (Phi) is 6.27. The van der Waals surface area contributed by atoms with Gasteiger partial charge in [0.25, 0.3) is 11.8 Å². The van der Waals surface area contributed by atoms with E-state index in [1.54, 1.807) is 24.3 Å². The van der Waals surface area contributed by atoms with Gasteiger partial charge in [0.1, 0.15) is 6.54 Å². The van der Waals surface area contributed by atoms with Crippen molar-refractivity contribution < 1.29 is 23.9 Å². The van der Waals surface area contributed by atoms with Crippen LogP contribution in [0.3, 0.4) is 0 Å². The van der Waals surface area contributed by atoms with Crippen LogP contribution in [-0.2, 0) is 14.3 Å². The summed E-state index contributed by atoms with van der Waals surface area (Å²) in [6, 6.07) is 6.51. The Hall–Kier alpha value is -2.70. The van der Waals surface area contributed by atoms with Gasteiger partial charge in [0.15, 0.2) is 0 Å². The minimum Gasteiger partial charge on any atom is -0.469 e. The SMILES string of the molecule is CCCCN(CCC(=O)OC)C(=O)CN1C(=O)c2ccccc2C1=O. The molecule has 134 valence electrons. The number of unbranched alkanes of at least 4 members (excludes halogenated alkanes) is 1. The summed E-state index contributed by atoms with van der Waals surface area (Å²) in [6.07, 6.45) is 1.73. The summed E-state index contributed by atoms with van der Waals surface area (Å²) in [5.74, 6) is -1.68. The second-order valence-corrected chi connectivity index (χ2v) is 5.80. The zero-order chi connectivity index (χ0) is 18.4. The first kappa shape index (κ1) is 18.6. The van der Waals surface area contributed by atoms with Gasteiger partial charge in [-0.05, 0) is 18.6 Å². The highest BCUT2D eigenvalue weighted by molar-refractivity contribution is 6.22. The van der Waals surface area contributed by atoms with Crippen molar-refractivity contribution >= 4 is 23.7 Å². The third kappa shape index (κ3) is 4.23.